The third kappa shape index (κ3) is 3.27. The van der Waals surface area contributed by atoms with Crippen molar-refractivity contribution in [3.63, 3.8) is 0 Å². The summed E-state index contributed by atoms with van der Waals surface area (Å²) in [5.74, 6) is -1.14. The Morgan fingerprint density at radius 2 is 1.87 bits per heavy atom. The van der Waals surface area contributed by atoms with Gasteiger partial charge in [0.05, 0.1) is 11.6 Å². The number of nitrogens with one attached hydrogen (secondary N) is 1. The molecular formula is C22H21F4N3O2. The number of benzene rings is 2. The van der Waals surface area contributed by atoms with Crippen molar-refractivity contribution in [3.8, 4) is 5.75 Å². The van der Waals surface area contributed by atoms with E-state index in [9.17, 15) is 27.8 Å². The number of halogens is 4. The number of hydrogen-bond donors (Lipinski definition) is 3. The van der Waals surface area contributed by atoms with Crippen molar-refractivity contribution in [1.82, 2.24) is 9.97 Å². The van der Waals surface area contributed by atoms with E-state index in [4.69, 9.17) is 0 Å². The van der Waals surface area contributed by atoms with Gasteiger partial charge in [-0.2, -0.15) is 13.2 Å². The predicted molar refractivity (Wildman–Crippen MR) is 107 cm³/mol. The number of fused-ring (bicyclic) bond motifs is 2. The highest BCUT2D eigenvalue weighted by Gasteiger charge is 2.64. The second-order valence-electron chi connectivity index (χ2n) is 8.58. The van der Waals surface area contributed by atoms with Gasteiger partial charge >= 0.3 is 6.18 Å². The van der Waals surface area contributed by atoms with Crippen molar-refractivity contribution in [2.24, 2.45) is 0 Å². The van der Waals surface area contributed by atoms with Gasteiger partial charge in [0.25, 0.3) is 0 Å². The zero-order chi connectivity index (χ0) is 22.8. The van der Waals surface area contributed by atoms with E-state index >= 15 is 0 Å². The minimum absolute atomic E-state index is 0.0278. The van der Waals surface area contributed by atoms with Gasteiger partial charge < -0.3 is 15.5 Å². The lowest BCUT2D eigenvalue weighted by Crippen LogP contribution is -2.58. The first kappa shape index (κ1) is 21.3. The van der Waals surface area contributed by atoms with Crippen molar-refractivity contribution in [2.75, 3.05) is 5.32 Å². The largest absolute Gasteiger partial charge is 0.505 e. The molecule has 0 spiro atoms. The molecule has 31 heavy (non-hydrogen) atoms. The number of aromatic nitrogens is 2. The Labute approximate surface area is 175 Å². The summed E-state index contributed by atoms with van der Waals surface area (Å²) in [5.41, 5.74) is -3.72. The molecule has 0 bridgehead atoms. The van der Waals surface area contributed by atoms with Crippen molar-refractivity contribution in [3.05, 3.63) is 59.3 Å². The Bertz CT molecular complexity index is 1180. The normalized spacial score (nSPS) is 22.9. The molecule has 0 radical (unpaired) electrons. The zero-order valence-corrected chi connectivity index (χ0v) is 17.0. The summed E-state index contributed by atoms with van der Waals surface area (Å²) < 4.78 is 56.7. The van der Waals surface area contributed by atoms with Crippen LogP contribution in [0.1, 0.15) is 43.3 Å². The molecule has 2 atom stereocenters. The van der Waals surface area contributed by atoms with E-state index in [1.54, 1.807) is 25.1 Å². The molecule has 0 aliphatic heterocycles. The number of aryl methyl sites for hydroxylation is 1. The number of rotatable bonds is 2. The minimum Gasteiger partial charge on any atom is -0.505 e. The van der Waals surface area contributed by atoms with Gasteiger partial charge in [-0.25, -0.2) is 14.4 Å². The second-order valence-corrected chi connectivity index (χ2v) is 8.58. The van der Waals surface area contributed by atoms with Crippen LogP contribution in [0.4, 0.5) is 23.2 Å². The van der Waals surface area contributed by atoms with E-state index in [-0.39, 0.29) is 16.8 Å². The van der Waals surface area contributed by atoms with Crippen LogP contribution in [-0.2, 0) is 5.41 Å². The van der Waals surface area contributed by atoms with Crippen LogP contribution in [0.3, 0.4) is 0 Å². The van der Waals surface area contributed by atoms with Gasteiger partial charge in [0, 0.05) is 22.8 Å². The Kier molecular flexibility index (Phi) is 4.66. The molecule has 5 nitrogen and oxygen atoms in total. The van der Waals surface area contributed by atoms with Gasteiger partial charge in [0.2, 0.25) is 0 Å². The van der Waals surface area contributed by atoms with E-state index in [2.05, 4.69) is 15.3 Å². The van der Waals surface area contributed by atoms with Crippen LogP contribution in [0.2, 0.25) is 0 Å². The van der Waals surface area contributed by atoms with Crippen molar-refractivity contribution in [1.29, 1.82) is 0 Å². The first-order valence-electron chi connectivity index (χ1n) is 9.65. The monoisotopic (exact) mass is 435 g/mol. The molecule has 1 aliphatic rings. The van der Waals surface area contributed by atoms with E-state index in [0.717, 1.165) is 6.07 Å². The first-order valence-corrected chi connectivity index (χ1v) is 9.65. The number of aromatic hydroxyl groups is 1. The van der Waals surface area contributed by atoms with Crippen molar-refractivity contribution in [2.45, 2.75) is 50.4 Å². The lowest BCUT2D eigenvalue weighted by molar-refractivity contribution is -0.276. The molecule has 0 amide bonds. The van der Waals surface area contributed by atoms with Gasteiger partial charge in [-0.05, 0) is 42.5 Å². The minimum atomic E-state index is -5.00. The molecule has 0 saturated carbocycles. The third-order valence-corrected chi connectivity index (χ3v) is 5.87. The van der Waals surface area contributed by atoms with Crippen LogP contribution < -0.4 is 5.32 Å². The summed E-state index contributed by atoms with van der Waals surface area (Å²) in [6.07, 6.45) is -4.28. The average molecular weight is 435 g/mol. The maximum atomic E-state index is 14.2. The van der Waals surface area contributed by atoms with Crippen LogP contribution in [0.5, 0.6) is 5.75 Å². The first-order chi connectivity index (χ1) is 14.3. The molecule has 0 fully saturated rings. The van der Waals surface area contributed by atoms with E-state index in [1.807, 2.05) is 0 Å². The molecule has 1 aromatic heterocycles. The fraction of sp³-hybridized carbons (Fsp3) is 0.364. The van der Waals surface area contributed by atoms with Gasteiger partial charge in [-0.1, -0.05) is 26.0 Å². The van der Waals surface area contributed by atoms with Gasteiger partial charge in [-0.3, -0.25) is 0 Å². The summed E-state index contributed by atoms with van der Waals surface area (Å²) in [6, 6.07) is 5.25. The summed E-state index contributed by atoms with van der Waals surface area (Å²) >= 11 is 0. The lowest BCUT2D eigenvalue weighted by atomic mass is 9.63. The molecule has 3 aromatic rings. The number of anilines is 1. The Balaban J connectivity index is 1.95. The van der Waals surface area contributed by atoms with Gasteiger partial charge in [-0.15, -0.1) is 0 Å². The molecule has 1 heterocycles. The summed E-state index contributed by atoms with van der Waals surface area (Å²) in [6.45, 7) is 4.57. The Morgan fingerprint density at radius 3 is 2.55 bits per heavy atom. The quantitative estimate of drug-likeness (QED) is 0.499. The predicted octanol–water partition coefficient (Wildman–Crippen LogP) is 4.91. The fourth-order valence-corrected chi connectivity index (χ4v) is 4.54. The fourth-order valence-electron chi connectivity index (χ4n) is 4.54. The van der Waals surface area contributed by atoms with Crippen molar-refractivity contribution < 1.29 is 27.8 Å². The summed E-state index contributed by atoms with van der Waals surface area (Å²) in [4.78, 5) is 8.40. The standard InChI is InChI=1S/C22H21F4N3O2/c1-11-27-9-13-15(28-11)5-4-6-16(13)29-19-12-7-8-14(23)18(30)17(12)20(2,3)10-21(19,31)22(24,25)26/h4-9,19,29-31H,10H2,1-3H3/t19-,21+/m0/s1. The van der Waals surface area contributed by atoms with Gasteiger partial charge in [0.15, 0.2) is 17.2 Å². The molecule has 9 heteroatoms. The molecule has 2 aromatic carbocycles. The molecule has 0 saturated heterocycles. The Hall–Kier alpha value is -2.94. The SMILES string of the molecule is Cc1ncc2c(N[C@H]3c4ccc(F)c(O)c4C(C)(C)C[C@]3(O)C(F)(F)F)cccc2n1. The summed E-state index contributed by atoms with van der Waals surface area (Å²) in [5, 5.41) is 24.6. The zero-order valence-electron chi connectivity index (χ0n) is 17.0. The molecule has 3 N–H and O–H groups in total. The average Bonchev–Trinajstić information content (AvgIpc) is 2.65. The smallest absolute Gasteiger partial charge is 0.419 e. The number of alkyl halides is 3. The second kappa shape index (κ2) is 6.78. The van der Waals surface area contributed by atoms with Crippen LogP contribution in [0.15, 0.2) is 36.5 Å². The lowest BCUT2D eigenvalue weighted by Gasteiger charge is -2.49. The topological polar surface area (TPSA) is 78.3 Å². The molecule has 4 rings (SSSR count). The number of hydrogen-bond acceptors (Lipinski definition) is 5. The number of aliphatic hydroxyl groups is 1. The van der Waals surface area contributed by atoms with Gasteiger partial charge in [0.1, 0.15) is 5.82 Å². The third-order valence-electron chi connectivity index (χ3n) is 5.87. The maximum Gasteiger partial charge on any atom is 0.419 e. The Morgan fingerprint density at radius 1 is 1.16 bits per heavy atom. The summed E-state index contributed by atoms with van der Waals surface area (Å²) in [7, 11) is 0. The highest BCUT2D eigenvalue weighted by molar-refractivity contribution is 5.91. The van der Waals surface area contributed by atoms with Crippen LogP contribution in [-0.4, -0.2) is 32.0 Å². The molecule has 0 unspecified atom stereocenters. The maximum absolute atomic E-state index is 14.2. The van der Waals surface area contributed by atoms with E-state index in [1.165, 1.54) is 26.1 Å². The number of phenolic OH excluding ortho intramolecular Hbond substituents is 1. The molecule has 1 aliphatic carbocycles. The molecular weight excluding hydrogens is 414 g/mol. The van der Waals surface area contributed by atoms with Crippen LogP contribution in [0, 0.1) is 12.7 Å². The molecule has 164 valence electrons. The van der Waals surface area contributed by atoms with E-state index in [0.29, 0.717) is 16.7 Å². The van der Waals surface area contributed by atoms with Crippen LogP contribution >= 0.6 is 0 Å². The highest BCUT2D eigenvalue weighted by atomic mass is 19.4. The van der Waals surface area contributed by atoms with Crippen LogP contribution in [0.25, 0.3) is 10.9 Å². The van der Waals surface area contributed by atoms with E-state index < -0.39 is 41.2 Å². The van der Waals surface area contributed by atoms with Crippen molar-refractivity contribution >= 4 is 16.6 Å². The highest BCUT2D eigenvalue weighted by Crippen LogP contribution is 2.56. The number of phenols is 1. The number of nitrogens with zero attached hydrogens (tertiary/aromatic N) is 2.